The zero-order valence-electron chi connectivity index (χ0n) is 13.4. The average molecular weight is 291 g/mol. The van der Waals surface area contributed by atoms with Crippen molar-refractivity contribution in [3.8, 4) is 0 Å². The number of ether oxygens (including phenoxy) is 2. The highest BCUT2D eigenvalue weighted by atomic mass is 16.5. The van der Waals surface area contributed by atoms with Crippen molar-refractivity contribution in [3.63, 3.8) is 0 Å². The highest BCUT2D eigenvalue weighted by Crippen LogP contribution is 2.49. The molecule has 118 valence electrons. The third kappa shape index (κ3) is 5.10. The van der Waals surface area contributed by atoms with Crippen molar-refractivity contribution < 1.29 is 9.47 Å². The van der Waals surface area contributed by atoms with Crippen molar-refractivity contribution in [2.75, 3.05) is 32.9 Å². The van der Waals surface area contributed by atoms with E-state index in [2.05, 4.69) is 49.5 Å². The van der Waals surface area contributed by atoms with Gasteiger partial charge in [-0.05, 0) is 24.9 Å². The topological polar surface area (TPSA) is 30.5 Å². The van der Waals surface area contributed by atoms with Crippen LogP contribution in [0.5, 0.6) is 0 Å². The third-order valence-corrected chi connectivity index (χ3v) is 4.27. The molecule has 0 heterocycles. The Balaban J connectivity index is 1.49. The van der Waals surface area contributed by atoms with Gasteiger partial charge in [0.05, 0.1) is 25.9 Å². The molecule has 0 aliphatic heterocycles. The highest BCUT2D eigenvalue weighted by molar-refractivity contribution is 5.33. The van der Waals surface area contributed by atoms with Crippen LogP contribution in [-0.4, -0.2) is 39.0 Å². The van der Waals surface area contributed by atoms with Crippen LogP contribution in [0.25, 0.3) is 0 Å². The summed E-state index contributed by atoms with van der Waals surface area (Å²) in [5.74, 6) is 0. The standard InChI is InChI=1S/C18H29NO2/c1-3-4-10-19-11-12-20-13-14-21-17-15-18(17,2)16-8-6-5-7-9-16/h5-9,17,19H,3-4,10-15H2,1-2H3/t17?,18-/m1/s1. The van der Waals surface area contributed by atoms with Crippen molar-refractivity contribution in [2.24, 2.45) is 0 Å². The van der Waals surface area contributed by atoms with Gasteiger partial charge in [-0.25, -0.2) is 0 Å². The molecular weight excluding hydrogens is 262 g/mol. The molecule has 0 saturated heterocycles. The van der Waals surface area contributed by atoms with Gasteiger partial charge >= 0.3 is 0 Å². The van der Waals surface area contributed by atoms with Gasteiger partial charge in [0.15, 0.2) is 0 Å². The van der Waals surface area contributed by atoms with Crippen LogP contribution < -0.4 is 5.32 Å². The molecule has 1 aliphatic rings. The Labute approximate surface area is 129 Å². The first-order valence-corrected chi connectivity index (χ1v) is 8.23. The van der Waals surface area contributed by atoms with E-state index in [4.69, 9.17) is 9.47 Å². The van der Waals surface area contributed by atoms with Crippen LogP contribution >= 0.6 is 0 Å². The summed E-state index contributed by atoms with van der Waals surface area (Å²) in [5, 5.41) is 3.37. The lowest BCUT2D eigenvalue weighted by Crippen LogP contribution is -2.22. The van der Waals surface area contributed by atoms with Crippen molar-refractivity contribution in [2.45, 2.75) is 44.6 Å². The van der Waals surface area contributed by atoms with Gasteiger partial charge in [-0.2, -0.15) is 0 Å². The monoisotopic (exact) mass is 291 g/mol. The van der Waals surface area contributed by atoms with Crippen LogP contribution in [0.1, 0.15) is 38.7 Å². The summed E-state index contributed by atoms with van der Waals surface area (Å²) < 4.78 is 11.5. The van der Waals surface area contributed by atoms with Crippen LogP contribution in [0.15, 0.2) is 30.3 Å². The summed E-state index contributed by atoms with van der Waals surface area (Å²) in [6.07, 6.45) is 3.95. The van der Waals surface area contributed by atoms with Crippen LogP contribution in [0.4, 0.5) is 0 Å². The molecule has 3 nitrogen and oxygen atoms in total. The van der Waals surface area contributed by atoms with Gasteiger partial charge in [-0.3, -0.25) is 0 Å². The van der Waals surface area contributed by atoms with E-state index in [-0.39, 0.29) is 5.41 Å². The van der Waals surface area contributed by atoms with Crippen molar-refractivity contribution in [3.05, 3.63) is 35.9 Å². The molecule has 1 unspecified atom stereocenters. The van der Waals surface area contributed by atoms with Gasteiger partial charge in [0.25, 0.3) is 0 Å². The van der Waals surface area contributed by atoms with Crippen LogP contribution in [-0.2, 0) is 14.9 Å². The van der Waals surface area contributed by atoms with Crippen LogP contribution in [0.3, 0.4) is 0 Å². The lowest BCUT2D eigenvalue weighted by Gasteiger charge is -2.12. The normalized spacial score (nSPS) is 24.2. The van der Waals surface area contributed by atoms with E-state index in [1.54, 1.807) is 0 Å². The summed E-state index contributed by atoms with van der Waals surface area (Å²) in [6.45, 7) is 8.67. The zero-order chi connectivity index (χ0) is 15.0. The molecule has 0 aromatic heterocycles. The summed E-state index contributed by atoms with van der Waals surface area (Å²) in [7, 11) is 0. The number of nitrogens with one attached hydrogen (secondary N) is 1. The third-order valence-electron chi connectivity index (χ3n) is 4.27. The minimum atomic E-state index is 0.211. The van der Waals surface area contributed by atoms with Crippen molar-refractivity contribution >= 4 is 0 Å². The fourth-order valence-corrected chi connectivity index (χ4v) is 2.61. The summed E-state index contributed by atoms with van der Waals surface area (Å²) in [6, 6.07) is 10.7. The molecule has 0 spiro atoms. The quantitative estimate of drug-likeness (QED) is 0.635. The average Bonchev–Trinajstić information content (AvgIpc) is 3.18. The molecule has 1 N–H and O–H groups in total. The van der Waals surface area contributed by atoms with Gasteiger partial charge < -0.3 is 14.8 Å². The van der Waals surface area contributed by atoms with E-state index in [0.29, 0.717) is 19.3 Å². The molecule has 0 amide bonds. The second-order valence-corrected chi connectivity index (χ2v) is 6.06. The van der Waals surface area contributed by atoms with Crippen molar-refractivity contribution in [1.82, 2.24) is 5.32 Å². The number of hydrogen-bond acceptors (Lipinski definition) is 3. The molecule has 0 bridgehead atoms. The van der Waals surface area contributed by atoms with Gasteiger partial charge in [0, 0.05) is 12.0 Å². The van der Waals surface area contributed by atoms with Crippen molar-refractivity contribution in [1.29, 1.82) is 0 Å². The number of hydrogen-bond donors (Lipinski definition) is 1. The summed E-state index contributed by atoms with van der Waals surface area (Å²) in [4.78, 5) is 0. The molecule has 1 aliphatic carbocycles. The Morgan fingerprint density at radius 3 is 2.71 bits per heavy atom. The van der Waals surface area contributed by atoms with Crippen LogP contribution in [0, 0.1) is 0 Å². The molecule has 1 aromatic carbocycles. The maximum absolute atomic E-state index is 5.92. The second kappa shape index (κ2) is 8.52. The molecule has 1 saturated carbocycles. The maximum atomic E-state index is 5.92. The fraction of sp³-hybridized carbons (Fsp3) is 0.667. The van der Waals surface area contributed by atoms with E-state index in [0.717, 1.165) is 26.1 Å². The molecular formula is C18H29NO2. The molecule has 2 rings (SSSR count). The Morgan fingerprint density at radius 1 is 1.14 bits per heavy atom. The molecule has 21 heavy (non-hydrogen) atoms. The van der Waals surface area contributed by atoms with Crippen LogP contribution in [0.2, 0.25) is 0 Å². The second-order valence-electron chi connectivity index (χ2n) is 6.06. The fourth-order valence-electron chi connectivity index (χ4n) is 2.61. The first kappa shape index (κ1) is 16.5. The molecule has 3 heteroatoms. The van der Waals surface area contributed by atoms with Gasteiger partial charge in [-0.15, -0.1) is 0 Å². The van der Waals surface area contributed by atoms with Gasteiger partial charge in [0.2, 0.25) is 0 Å². The lowest BCUT2D eigenvalue weighted by atomic mass is 9.98. The van der Waals surface area contributed by atoms with E-state index in [1.165, 1.54) is 18.4 Å². The Bertz CT molecular complexity index is 395. The number of rotatable bonds is 11. The van der Waals surface area contributed by atoms with E-state index < -0.39 is 0 Å². The summed E-state index contributed by atoms with van der Waals surface area (Å²) in [5.41, 5.74) is 1.60. The summed E-state index contributed by atoms with van der Waals surface area (Å²) >= 11 is 0. The zero-order valence-corrected chi connectivity index (χ0v) is 13.4. The molecule has 1 aromatic rings. The highest BCUT2D eigenvalue weighted by Gasteiger charge is 2.52. The van der Waals surface area contributed by atoms with E-state index in [9.17, 15) is 0 Å². The van der Waals surface area contributed by atoms with Gasteiger partial charge in [-0.1, -0.05) is 50.6 Å². The Morgan fingerprint density at radius 2 is 1.95 bits per heavy atom. The Kier molecular flexibility index (Phi) is 6.68. The smallest absolute Gasteiger partial charge is 0.0704 e. The van der Waals surface area contributed by atoms with E-state index in [1.807, 2.05) is 0 Å². The Hall–Kier alpha value is -0.900. The SMILES string of the molecule is CCCCNCCOCCOC1C[C@]1(C)c1ccccc1. The largest absolute Gasteiger partial charge is 0.378 e. The minimum Gasteiger partial charge on any atom is -0.378 e. The first-order chi connectivity index (χ1) is 10.3. The predicted molar refractivity (Wildman–Crippen MR) is 86.7 cm³/mol. The molecule has 0 radical (unpaired) electrons. The number of benzene rings is 1. The minimum absolute atomic E-state index is 0.211. The first-order valence-electron chi connectivity index (χ1n) is 8.23. The lowest BCUT2D eigenvalue weighted by molar-refractivity contribution is 0.0348. The number of unbranched alkanes of at least 4 members (excludes halogenated alkanes) is 1. The van der Waals surface area contributed by atoms with Gasteiger partial charge in [0.1, 0.15) is 0 Å². The maximum Gasteiger partial charge on any atom is 0.0704 e. The van der Waals surface area contributed by atoms with E-state index >= 15 is 0 Å². The predicted octanol–water partition coefficient (Wildman–Crippen LogP) is 3.14. The molecule has 1 fully saturated rings. The molecule has 2 atom stereocenters.